The first kappa shape index (κ1) is 19.1. The number of likely N-dealkylation sites (tertiary alicyclic amines) is 1. The number of hydrogen-bond acceptors (Lipinski definition) is 5. The Kier molecular flexibility index (Phi) is 5.22. The van der Waals surface area contributed by atoms with Gasteiger partial charge in [0.2, 0.25) is 11.7 Å². The third-order valence-corrected chi connectivity index (χ3v) is 5.60. The highest BCUT2D eigenvalue weighted by atomic mass is 16.2. The smallest absolute Gasteiger partial charge is 0.227 e. The van der Waals surface area contributed by atoms with Crippen LogP contribution in [0.1, 0.15) is 30.3 Å². The number of nitrogens with one attached hydrogen (secondary N) is 1. The first-order valence-corrected chi connectivity index (χ1v) is 10.4. The molecule has 7 nitrogen and oxygen atoms in total. The van der Waals surface area contributed by atoms with Crippen LogP contribution in [0, 0.1) is 0 Å². The number of hydrogen-bond donors (Lipinski definition) is 1. The van der Waals surface area contributed by atoms with Gasteiger partial charge in [-0.15, -0.1) is 0 Å². The molecule has 0 bridgehead atoms. The third-order valence-electron chi connectivity index (χ3n) is 5.60. The molecule has 0 unspecified atom stereocenters. The second-order valence-corrected chi connectivity index (χ2v) is 7.62. The van der Waals surface area contributed by atoms with Gasteiger partial charge in [0.1, 0.15) is 11.5 Å². The van der Waals surface area contributed by atoms with Gasteiger partial charge in [0.05, 0.1) is 18.7 Å². The van der Waals surface area contributed by atoms with E-state index in [1.54, 1.807) is 18.6 Å². The van der Waals surface area contributed by atoms with Crippen LogP contribution < -0.4 is 0 Å². The lowest BCUT2D eigenvalue weighted by molar-refractivity contribution is -0.131. The highest BCUT2D eigenvalue weighted by Gasteiger charge is 2.32. The summed E-state index contributed by atoms with van der Waals surface area (Å²) in [5, 5.41) is 7.27. The minimum atomic E-state index is -0.0889. The Morgan fingerprint density at radius 1 is 1.03 bits per heavy atom. The van der Waals surface area contributed by atoms with Crippen molar-refractivity contribution in [2.45, 2.75) is 25.3 Å². The maximum atomic E-state index is 13.1. The van der Waals surface area contributed by atoms with E-state index >= 15 is 0 Å². The van der Waals surface area contributed by atoms with Gasteiger partial charge in [0.25, 0.3) is 0 Å². The lowest BCUT2D eigenvalue weighted by Gasteiger charge is -2.23. The molecule has 1 N–H and O–H groups in total. The van der Waals surface area contributed by atoms with E-state index in [1.165, 1.54) is 5.56 Å². The van der Waals surface area contributed by atoms with Crippen LogP contribution in [0.4, 0.5) is 0 Å². The summed E-state index contributed by atoms with van der Waals surface area (Å²) in [6, 6.07) is 18.4. The van der Waals surface area contributed by atoms with Crippen molar-refractivity contribution < 1.29 is 4.79 Å². The highest BCUT2D eigenvalue weighted by molar-refractivity contribution is 5.79. The van der Waals surface area contributed by atoms with Gasteiger partial charge in [-0.25, -0.2) is 9.97 Å². The molecule has 1 fully saturated rings. The zero-order valence-electron chi connectivity index (χ0n) is 17.0. The molecule has 1 atom stereocenters. The molecule has 154 valence electrons. The molecule has 0 spiro atoms. The Labute approximate surface area is 180 Å². The molecule has 1 amide bonds. The summed E-state index contributed by atoms with van der Waals surface area (Å²) in [5.74, 6) is 1.30. The van der Waals surface area contributed by atoms with Gasteiger partial charge in [-0.2, -0.15) is 5.10 Å². The number of amides is 1. The fraction of sp³-hybridized carbons (Fsp3) is 0.208. The van der Waals surface area contributed by atoms with Gasteiger partial charge < -0.3 is 4.90 Å². The molecule has 1 aliphatic rings. The number of benzene rings is 2. The van der Waals surface area contributed by atoms with E-state index in [0.29, 0.717) is 23.8 Å². The highest BCUT2D eigenvalue weighted by Crippen LogP contribution is 2.31. The van der Waals surface area contributed by atoms with Crippen molar-refractivity contribution >= 4 is 5.91 Å². The summed E-state index contributed by atoms with van der Waals surface area (Å²) in [4.78, 5) is 27.9. The minimum Gasteiger partial charge on any atom is -0.332 e. The van der Waals surface area contributed by atoms with Gasteiger partial charge in [-0.3, -0.25) is 14.9 Å². The molecule has 0 saturated carbocycles. The summed E-state index contributed by atoms with van der Waals surface area (Å²) in [5.41, 5.74) is 3.94. The molecule has 3 heterocycles. The van der Waals surface area contributed by atoms with Crippen LogP contribution in [0.3, 0.4) is 0 Å². The fourth-order valence-electron chi connectivity index (χ4n) is 4.02. The third kappa shape index (κ3) is 4.07. The van der Waals surface area contributed by atoms with Crippen LogP contribution >= 0.6 is 0 Å². The summed E-state index contributed by atoms with van der Waals surface area (Å²) >= 11 is 0. The molecule has 0 aliphatic carbocycles. The largest absolute Gasteiger partial charge is 0.332 e. The lowest BCUT2D eigenvalue weighted by Crippen LogP contribution is -2.32. The van der Waals surface area contributed by atoms with Crippen molar-refractivity contribution in [2.75, 3.05) is 6.54 Å². The van der Waals surface area contributed by atoms with Crippen molar-refractivity contribution in [3.8, 4) is 22.6 Å². The van der Waals surface area contributed by atoms with E-state index in [1.807, 2.05) is 35.2 Å². The van der Waals surface area contributed by atoms with Crippen LogP contribution in [0.25, 0.3) is 22.6 Å². The number of aromatic amines is 1. The Bertz CT molecular complexity index is 1160. The number of carbonyl (C=O) groups is 1. The first-order valence-electron chi connectivity index (χ1n) is 10.4. The number of nitrogens with zero attached hydrogens (tertiary/aromatic N) is 5. The summed E-state index contributed by atoms with van der Waals surface area (Å²) in [6.07, 6.45) is 7.04. The van der Waals surface area contributed by atoms with E-state index < -0.39 is 0 Å². The van der Waals surface area contributed by atoms with Crippen molar-refractivity contribution in [3.05, 3.63) is 84.6 Å². The number of carbonyl (C=O) groups excluding carboxylic acids is 1. The van der Waals surface area contributed by atoms with Gasteiger partial charge in [0.15, 0.2) is 0 Å². The number of H-pyrrole nitrogens is 1. The average Bonchev–Trinajstić information content (AvgIpc) is 3.51. The monoisotopic (exact) mass is 410 g/mol. The molecular formula is C24H22N6O. The molecule has 2 aromatic heterocycles. The first-order chi connectivity index (χ1) is 15.3. The normalized spacial score (nSPS) is 15.9. The topological polar surface area (TPSA) is 87.7 Å². The molecule has 1 aliphatic heterocycles. The molecular weight excluding hydrogens is 388 g/mol. The second-order valence-electron chi connectivity index (χ2n) is 7.62. The van der Waals surface area contributed by atoms with Gasteiger partial charge in [-0.1, -0.05) is 54.6 Å². The maximum Gasteiger partial charge on any atom is 0.227 e. The van der Waals surface area contributed by atoms with Crippen LogP contribution in [-0.2, 0) is 11.2 Å². The van der Waals surface area contributed by atoms with Gasteiger partial charge in [-0.05, 0) is 29.5 Å². The van der Waals surface area contributed by atoms with E-state index in [9.17, 15) is 4.79 Å². The van der Waals surface area contributed by atoms with Crippen molar-refractivity contribution in [1.82, 2.24) is 30.0 Å². The zero-order chi connectivity index (χ0) is 21.0. The molecule has 0 radical (unpaired) electrons. The SMILES string of the molecule is O=C(Cc1ccc(-c2ccccc2)cc1)N1CCC[C@H]1c1nc(-c2cnccn2)n[nH]1. The van der Waals surface area contributed by atoms with Crippen molar-refractivity contribution in [3.63, 3.8) is 0 Å². The molecule has 2 aromatic carbocycles. The quantitative estimate of drug-likeness (QED) is 0.540. The lowest BCUT2D eigenvalue weighted by atomic mass is 10.0. The summed E-state index contributed by atoms with van der Waals surface area (Å²) in [7, 11) is 0. The number of aromatic nitrogens is 5. The Morgan fingerprint density at radius 3 is 2.61 bits per heavy atom. The predicted molar refractivity (Wildman–Crippen MR) is 117 cm³/mol. The maximum absolute atomic E-state index is 13.1. The summed E-state index contributed by atoms with van der Waals surface area (Å²) in [6.45, 7) is 0.729. The molecule has 7 heteroatoms. The Morgan fingerprint density at radius 2 is 1.84 bits per heavy atom. The fourth-order valence-corrected chi connectivity index (χ4v) is 4.02. The molecule has 31 heavy (non-hydrogen) atoms. The van der Waals surface area contributed by atoms with Gasteiger partial charge >= 0.3 is 0 Å². The molecule has 5 rings (SSSR count). The van der Waals surface area contributed by atoms with E-state index in [-0.39, 0.29) is 11.9 Å². The van der Waals surface area contributed by atoms with Crippen LogP contribution in [0.15, 0.2) is 73.2 Å². The van der Waals surface area contributed by atoms with Gasteiger partial charge in [0, 0.05) is 18.9 Å². The van der Waals surface area contributed by atoms with Crippen LogP contribution in [-0.4, -0.2) is 42.5 Å². The van der Waals surface area contributed by atoms with E-state index in [0.717, 1.165) is 30.5 Å². The Balaban J connectivity index is 1.29. The van der Waals surface area contributed by atoms with E-state index in [2.05, 4.69) is 49.4 Å². The number of rotatable bonds is 5. The Hall–Kier alpha value is -3.87. The molecule has 1 saturated heterocycles. The van der Waals surface area contributed by atoms with Crippen LogP contribution in [0.5, 0.6) is 0 Å². The van der Waals surface area contributed by atoms with Crippen molar-refractivity contribution in [2.24, 2.45) is 0 Å². The average molecular weight is 410 g/mol. The van der Waals surface area contributed by atoms with Crippen LogP contribution in [0.2, 0.25) is 0 Å². The standard InChI is InChI=1S/C24H22N6O/c31-22(15-17-8-10-19(11-9-17)18-5-2-1-3-6-18)30-14-4-7-21(30)24-27-23(28-29-24)20-16-25-12-13-26-20/h1-3,5-6,8-13,16,21H,4,7,14-15H2,(H,27,28,29)/t21-/m0/s1. The molecule has 4 aromatic rings. The zero-order valence-corrected chi connectivity index (χ0v) is 17.0. The predicted octanol–water partition coefficient (Wildman–Crippen LogP) is 3.83. The summed E-state index contributed by atoms with van der Waals surface area (Å²) < 4.78 is 0. The minimum absolute atomic E-state index is 0.0889. The van der Waals surface area contributed by atoms with Crippen molar-refractivity contribution in [1.29, 1.82) is 0 Å². The van der Waals surface area contributed by atoms with E-state index in [4.69, 9.17) is 0 Å². The second kappa shape index (κ2) is 8.47.